The van der Waals surface area contributed by atoms with Crippen molar-refractivity contribution in [3.8, 4) is 11.4 Å². The largest absolute Gasteiger partial charge is 0.348 e. The summed E-state index contributed by atoms with van der Waals surface area (Å²) in [6.07, 6.45) is 0. The molecule has 4 rings (SSSR count). The van der Waals surface area contributed by atoms with Gasteiger partial charge in [0.2, 0.25) is 11.8 Å². The molecule has 4 aromatic rings. The molecular formula is C21H22ClN5O2. The molecule has 0 radical (unpaired) electrons. The third-order valence-electron chi connectivity index (χ3n) is 4.72. The van der Waals surface area contributed by atoms with Crippen molar-refractivity contribution in [3.63, 3.8) is 0 Å². The summed E-state index contributed by atoms with van der Waals surface area (Å²) in [6, 6.07) is 15.7. The standard InChI is InChI=1S/C21H22ClN5O2/c1-13(2)27(3)21-23-16-10-9-15(11-17(16)24-21)20-25-18(29-26-20)12-28-19(22)14-7-5-4-6-8-14/h4-11,13,19H,12H2,1-3H3,(H,23,24). The highest BCUT2D eigenvalue weighted by atomic mass is 35.5. The van der Waals surface area contributed by atoms with Crippen LogP contribution in [0.25, 0.3) is 22.4 Å². The third-order valence-corrected chi connectivity index (χ3v) is 5.10. The van der Waals surface area contributed by atoms with Crippen LogP contribution < -0.4 is 4.90 Å². The second kappa shape index (κ2) is 8.23. The second-order valence-electron chi connectivity index (χ2n) is 7.05. The van der Waals surface area contributed by atoms with Crippen molar-refractivity contribution in [1.82, 2.24) is 20.1 Å². The molecule has 8 heteroatoms. The van der Waals surface area contributed by atoms with Crippen LogP contribution in [0.2, 0.25) is 0 Å². The van der Waals surface area contributed by atoms with E-state index in [0.29, 0.717) is 17.8 Å². The van der Waals surface area contributed by atoms with E-state index < -0.39 is 5.56 Å². The number of nitrogens with zero attached hydrogens (tertiary/aromatic N) is 4. The van der Waals surface area contributed by atoms with Crippen LogP contribution in [0.4, 0.5) is 5.95 Å². The van der Waals surface area contributed by atoms with Gasteiger partial charge in [-0.1, -0.05) is 47.1 Å². The van der Waals surface area contributed by atoms with Crippen molar-refractivity contribution in [1.29, 1.82) is 0 Å². The van der Waals surface area contributed by atoms with Gasteiger partial charge in [0.05, 0.1) is 11.0 Å². The Morgan fingerprint density at radius 3 is 2.69 bits per heavy atom. The van der Waals surface area contributed by atoms with Crippen molar-refractivity contribution in [2.24, 2.45) is 0 Å². The van der Waals surface area contributed by atoms with Gasteiger partial charge in [0.25, 0.3) is 5.89 Å². The van der Waals surface area contributed by atoms with Gasteiger partial charge in [-0.05, 0) is 37.6 Å². The maximum absolute atomic E-state index is 6.27. The summed E-state index contributed by atoms with van der Waals surface area (Å²) in [4.78, 5) is 14.5. The van der Waals surface area contributed by atoms with Crippen LogP contribution in [-0.4, -0.2) is 33.2 Å². The maximum Gasteiger partial charge on any atom is 0.253 e. The number of anilines is 1. The summed E-state index contributed by atoms with van der Waals surface area (Å²) in [5.74, 6) is 1.68. The highest BCUT2D eigenvalue weighted by molar-refractivity contribution is 6.19. The van der Waals surface area contributed by atoms with E-state index in [1.165, 1.54) is 0 Å². The molecule has 2 aromatic carbocycles. The maximum atomic E-state index is 6.27. The van der Waals surface area contributed by atoms with Gasteiger partial charge in [-0.2, -0.15) is 4.98 Å². The molecule has 1 N–H and O–H groups in total. The predicted molar refractivity (Wildman–Crippen MR) is 113 cm³/mol. The van der Waals surface area contributed by atoms with Gasteiger partial charge in [-0.3, -0.25) is 0 Å². The number of alkyl halides is 1. The predicted octanol–water partition coefficient (Wildman–Crippen LogP) is 4.91. The Hall–Kier alpha value is -2.90. The lowest BCUT2D eigenvalue weighted by molar-refractivity contribution is 0.0739. The van der Waals surface area contributed by atoms with Gasteiger partial charge in [0.15, 0.2) is 5.56 Å². The van der Waals surface area contributed by atoms with Crippen LogP contribution in [0.15, 0.2) is 53.1 Å². The molecule has 1 unspecified atom stereocenters. The Labute approximate surface area is 173 Å². The smallest absolute Gasteiger partial charge is 0.253 e. The number of hydrogen-bond donors (Lipinski definition) is 1. The van der Waals surface area contributed by atoms with Gasteiger partial charge in [-0.25, -0.2) is 4.98 Å². The summed E-state index contributed by atoms with van der Waals surface area (Å²) in [7, 11) is 2.01. The minimum absolute atomic E-state index is 0.131. The number of imidazole rings is 1. The molecule has 2 aromatic heterocycles. The highest BCUT2D eigenvalue weighted by Gasteiger charge is 2.15. The van der Waals surface area contributed by atoms with Gasteiger partial charge in [-0.15, -0.1) is 0 Å². The van der Waals surface area contributed by atoms with Crippen LogP contribution >= 0.6 is 11.6 Å². The van der Waals surface area contributed by atoms with Gasteiger partial charge >= 0.3 is 0 Å². The average Bonchev–Trinajstić information content (AvgIpc) is 3.38. The summed E-state index contributed by atoms with van der Waals surface area (Å²) >= 11 is 6.27. The lowest BCUT2D eigenvalue weighted by Crippen LogP contribution is -2.26. The molecular weight excluding hydrogens is 390 g/mol. The lowest BCUT2D eigenvalue weighted by Gasteiger charge is -2.19. The number of nitrogens with one attached hydrogen (secondary N) is 1. The molecule has 2 heterocycles. The first-order valence-electron chi connectivity index (χ1n) is 9.37. The number of hydrogen-bond acceptors (Lipinski definition) is 6. The number of aromatic nitrogens is 4. The Morgan fingerprint density at radius 1 is 1.14 bits per heavy atom. The molecule has 1 atom stereocenters. The zero-order valence-corrected chi connectivity index (χ0v) is 17.2. The second-order valence-corrected chi connectivity index (χ2v) is 7.44. The van der Waals surface area contributed by atoms with Crippen LogP contribution in [0.1, 0.15) is 30.9 Å². The minimum Gasteiger partial charge on any atom is -0.348 e. The Morgan fingerprint density at radius 2 is 1.93 bits per heavy atom. The average molecular weight is 412 g/mol. The molecule has 7 nitrogen and oxygen atoms in total. The van der Waals surface area contributed by atoms with E-state index in [0.717, 1.165) is 28.1 Å². The van der Waals surface area contributed by atoms with E-state index >= 15 is 0 Å². The number of aromatic amines is 1. The molecule has 0 aliphatic rings. The van der Waals surface area contributed by atoms with Crippen LogP contribution in [-0.2, 0) is 11.3 Å². The Balaban J connectivity index is 1.48. The zero-order chi connectivity index (χ0) is 20.4. The molecule has 150 valence electrons. The van der Waals surface area contributed by atoms with Crippen molar-refractivity contribution >= 4 is 28.6 Å². The van der Waals surface area contributed by atoms with Crippen LogP contribution in [0.3, 0.4) is 0 Å². The van der Waals surface area contributed by atoms with Crippen LogP contribution in [0.5, 0.6) is 0 Å². The lowest BCUT2D eigenvalue weighted by atomic mass is 10.2. The SMILES string of the molecule is CC(C)N(C)c1nc2ccc(-c3noc(COC(Cl)c4ccccc4)n3)cc2[nH]1. The van der Waals surface area contributed by atoms with Crippen molar-refractivity contribution in [2.45, 2.75) is 32.1 Å². The number of ether oxygens (including phenoxy) is 1. The topological polar surface area (TPSA) is 80.1 Å². The van der Waals surface area contributed by atoms with E-state index in [2.05, 4.69) is 38.9 Å². The molecule has 0 spiro atoms. The van der Waals surface area contributed by atoms with Crippen molar-refractivity contribution in [3.05, 3.63) is 60.0 Å². The monoisotopic (exact) mass is 411 g/mol. The Bertz CT molecular complexity index is 1090. The molecule has 0 saturated carbocycles. The van der Waals surface area contributed by atoms with E-state index in [1.807, 2.05) is 55.6 Å². The minimum atomic E-state index is -0.579. The number of benzene rings is 2. The summed E-state index contributed by atoms with van der Waals surface area (Å²) in [5.41, 5.74) is 2.93. The fraction of sp³-hybridized carbons (Fsp3) is 0.286. The van der Waals surface area contributed by atoms with Gasteiger partial charge in [0.1, 0.15) is 6.61 Å². The number of halogens is 1. The first-order chi connectivity index (χ1) is 14.0. The van der Waals surface area contributed by atoms with E-state index in [-0.39, 0.29) is 6.61 Å². The molecule has 0 fully saturated rings. The number of fused-ring (bicyclic) bond motifs is 1. The van der Waals surface area contributed by atoms with E-state index in [4.69, 9.17) is 20.9 Å². The van der Waals surface area contributed by atoms with Gasteiger partial charge in [0, 0.05) is 18.7 Å². The van der Waals surface area contributed by atoms with Crippen molar-refractivity contribution < 1.29 is 9.26 Å². The fourth-order valence-electron chi connectivity index (χ4n) is 2.82. The summed E-state index contributed by atoms with van der Waals surface area (Å²) < 4.78 is 10.9. The van der Waals surface area contributed by atoms with Crippen LogP contribution in [0, 0.1) is 0 Å². The first kappa shape index (κ1) is 19.4. The van der Waals surface area contributed by atoms with E-state index in [1.54, 1.807) is 0 Å². The normalized spacial score (nSPS) is 12.6. The molecule has 0 aliphatic heterocycles. The molecule has 29 heavy (non-hydrogen) atoms. The summed E-state index contributed by atoms with van der Waals surface area (Å²) in [6.45, 7) is 4.36. The van der Waals surface area contributed by atoms with Gasteiger partial charge < -0.3 is 19.1 Å². The number of rotatable bonds is 7. The third kappa shape index (κ3) is 4.26. The molecule has 0 aliphatic carbocycles. The molecule has 0 amide bonds. The highest BCUT2D eigenvalue weighted by Crippen LogP contribution is 2.25. The molecule has 0 bridgehead atoms. The Kier molecular flexibility index (Phi) is 5.51. The quantitative estimate of drug-likeness (QED) is 0.435. The fourth-order valence-corrected chi connectivity index (χ4v) is 3.03. The van der Waals surface area contributed by atoms with E-state index in [9.17, 15) is 0 Å². The molecule has 0 saturated heterocycles. The number of H-pyrrole nitrogens is 1. The zero-order valence-electron chi connectivity index (χ0n) is 16.5. The van der Waals surface area contributed by atoms with Crippen molar-refractivity contribution in [2.75, 3.05) is 11.9 Å². The summed E-state index contributed by atoms with van der Waals surface area (Å²) in [5, 5.41) is 4.06. The first-order valence-corrected chi connectivity index (χ1v) is 9.81.